The Bertz CT molecular complexity index is 184. The Morgan fingerprint density at radius 2 is 2.46 bits per heavy atom. The average Bonchev–Trinajstić information content (AvgIpc) is 2.51. The first-order chi connectivity index (χ1) is 6.15. The highest BCUT2D eigenvalue weighted by Crippen LogP contribution is 2.16. The molecule has 0 aromatic heterocycles. The number of Topliss-reactive ketones (excluding diaryl/α,β-unsaturated/α-hetero) is 1. The number of aliphatic hydroxyl groups excluding tert-OH is 1. The van der Waals surface area contributed by atoms with Crippen molar-refractivity contribution in [3.05, 3.63) is 0 Å². The maximum atomic E-state index is 11.6. The molecule has 1 aliphatic rings. The maximum Gasteiger partial charge on any atom is 0.166 e. The highest BCUT2D eigenvalue weighted by atomic mass is 16.3. The summed E-state index contributed by atoms with van der Waals surface area (Å²) in [4.78, 5) is 13.7. The zero-order valence-electron chi connectivity index (χ0n) is 8.29. The fraction of sp³-hybridized carbons (Fsp3) is 0.889. The molecule has 1 fully saturated rings. The molecule has 0 saturated carbocycles. The van der Waals surface area contributed by atoms with E-state index >= 15 is 0 Å². The zero-order valence-corrected chi connectivity index (χ0v) is 8.29. The molecule has 1 saturated heterocycles. The van der Waals surface area contributed by atoms with Gasteiger partial charge in [0, 0.05) is 19.0 Å². The number of likely N-dealkylation sites (N-methyl/N-ethyl adjacent to an activating group) is 1. The van der Waals surface area contributed by atoms with E-state index in [0.29, 0.717) is 6.54 Å². The third kappa shape index (κ3) is 2.76. The quantitative estimate of drug-likeness (QED) is 0.596. The number of ketones is 1. The van der Waals surface area contributed by atoms with E-state index in [-0.39, 0.29) is 11.7 Å². The topological polar surface area (TPSA) is 52.6 Å². The number of hydrogen-bond acceptors (Lipinski definition) is 4. The van der Waals surface area contributed by atoms with Crippen molar-refractivity contribution in [2.24, 2.45) is 5.92 Å². The molecule has 0 aromatic rings. The monoisotopic (exact) mass is 186 g/mol. The van der Waals surface area contributed by atoms with Crippen LogP contribution in [0.25, 0.3) is 0 Å². The number of aliphatic hydroxyl groups is 1. The van der Waals surface area contributed by atoms with Crippen molar-refractivity contribution in [2.75, 3.05) is 33.7 Å². The standard InChI is InChI=1S/C9H18N2O2/c1-10-5-8(12)9(13)7-3-4-11(2)6-7/h7-8,10,12H,3-6H2,1-2H3. The Labute approximate surface area is 78.9 Å². The molecule has 2 unspecified atom stereocenters. The van der Waals surface area contributed by atoms with E-state index in [2.05, 4.69) is 10.2 Å². The van der Waals surface area contributed by atoms with Gasteiger partial charge in [-0.25, -0.2) is 0 Å². The normalized spacial score (nSPS) is 26.2. The Hall–Kier alpha value is -0.450. The first-order valence-electron chi connectivity index (χ1n) is 4.70. The lowest BCUT2D eigenvalue weighted by Crippen LogP contribution is -2.36. The molecular weight excluding hydrogens is 168 g/mol. The van der Waals surface area contributed by atoms with E-state index in [1.54, 1.807) is 7.05 Å². The van der Waals surface area contributed by atoms with Gasteiger partial charge in [-0.1, -0.05) is 0 Å². The molecule has 1 heterocycles. The lowest BCUT2D eigenvalue weighted by Gasteiger charge is -2.14. The Morgan fingerprint density at radius 3 is 2.92 bits per heavy atom. The largest absolute Gasteiger partial charge is 0.384 e. The average molecular weight is 186 g/mol. The number of likely N-dealkylation sites (tertiary alicyclic amines) is 1. The second-order valence-corrected chi connectivity index (χ2v) is 3.72. The van der Waals surface area contributed by atoms with Crippen LogP contribution in [0.15, 0.2) is 0 Å². The molecule has 0 radical (unpaired) electrons. The summed E-state index contributed by atoms with van der Waals surface area (Å²) >= 11 is 0. The summed E-state index contributed by atoms with van der Waals surface area (Å²) in [5.41, 5.74) is 0. The van der Waals surface area contributed by atoms with Crippen molar-refractivity contribution in [1.29, 1.82) is 0 Å². The summed E-state index contributed by atoms with van der Waals surface area (Å²) in [5.74, 6) is 0.0204. The van der Waals surface area contributed by atoms with Crippen LogP contribution in [-0.2, 0) is 4.79 Å². The molecule has 2 atom stereocenters. The fourth-order valence-corrected chi connectivity index (χ4v) is 1.73. The first kappa shape index (κ1) is 10.6. The molecular formula is C9H18N2O2. The van der Waals surface area contributed by atoms with E-state index in [4.69, 9.17) is 0 Å². The SMILES string of the molecule is CNCC(O)C(=O)C1CCN(C)C1. The summed E-state index contributed by atoms with van der Waals surface area (Å²) in [6, 6.07) is 0. The highest BCUT2D eigenvalue weighted by molar-refractivity contribution is 5.85. The van der Waals surface area contributed by atoms with Crippen LogP contribution in [0.4, 0.5) is 0 Å². The Balaban J connectivity index is 2.38. The molecule has 0 spiro atoms. The predicted octanol–water partition coefficient (Wildman–Crippen LogP) is -0.912. The summed E-state index contributed by atoms with van der Waals surface area (Å²) < 4.78 is 0. The molecule has 4 heteroatoms. The van der Waals surface area contributed by atoms with Crippen molar-refractivity contribution >= 4 is 5.78 Å². The van der Waals surface area contributed by atoms with Crippen LogP contribution < -0.4 is 5.32 Å². The van der Waals surface area contributed by atoms with Gasteiger partial charge in [0.15, 0.2) is 5.78 Å². The second-order valence-electron chi connectivity index (χ2n) is 3.72. The number of rotatable bonds is 4. The van der Waals surface area contributed by atoms with Crippen molar-refractivity contribution in [1.82, 2.24) is 10.2 Å². The lowest BCUT2D eigenvalue weighted by atomic mass is 9.99. The van der Waals surface area contributed by atoms with Gasteiger partial charge in [0.1, 0.15) is 6.10 Å². The lowest BCUT2D eigenvalue weighted by molar-refractivity contribution is -0.130. The van der Waals surface area contributed by atoms with Gasteiger partial charge in [-0.15, -0.1) is 0 Å². The van der Waals surface area contributed by atoms with Gasteiger partial charge in [-0.3, -0.25) is 4.79 Å². The van der Waals surface area contributed by atoms with E-state index in [0.717, 1.165) is 19.5 Å². The van der Waals surface area contributed by atoms with Crippen molar-refractivity contribution < 1.29 is 9.90 Å². The van der Waals surface area contributed by atoms with E-state index in [1.807, 2.05) is 7.05 Å². The minimum Gasteiger partial charge on any atom is -0.384 e. The van der Waals surface area contributed by atoms with Crippen LogP contribution in [0.3, 0.4) is 0 Å². The number of carbonyl (C=O) groups is 1. The Morgan fingerprint density at radius 1 is 1.77 bits per heavy atom. The van der Waals surface area contributed by atoms with Gasteiger partial charge in [0.2, 0.25) is 0 Å². The van der Waals surface area contributed by atoms with Crippen molar-refractivity contribution in [2.45, 2.75) is 12.5 Å². The third-order valence-electron chi connectivity index (χ3n) is 2.52. The van der Waals surface area contributed by atoms with Gasteiger partial charge in [0.05, 0.1) is 0 Å². The number of hydrogen-bond donors (Lipinski definition) is 2. The minimum absolute atomic E-state index is 0.0151. The van der Waals surface area contributed by atoms with E-state index < -0.39 is 6.10 Å². The maximum absolute atomic E-state index is 11.6. The molecule has 4 nitrogen and oxygen atoms in total. The van der Waals surface area contributed by atoms with Crippen LogP contribution in [0.5, 0.6) is 0 Å². The Kier molecular flexibility index (Phi) is 3.84. The van der Waals surface area contributed by atoms with E-state index in [9.17, 15) is 9.90 Å². The molecule has 0 bridgehead atoms. The van der Waals surface area contributed by atoms with Gasteiger partial charge >= 0.3 is 0 Å². The second kappa shape index (κ2) is 4.69. The molecule has 76 valence electrons. The van der Waals surface area contributed by atoms with Gasteiger partial charge in [-0.2, -0.15) is 0 Å². The summed E-state index contributed by atoms with van der Waals surface area (Å²) in [5, 5.41) is 12.2. The van der Waals surface area contributed by atoms with E-state index in [1.165, 1.54) is 0 Å². The van der Waals surface area contributed by atoms with Crippen molar-refractivity contribution in [3.8, 4) is 0 Å². The number of nitrogens with zero attached hydrogens (tertiary/aromatic N) is 1. The summed E-state index contributed by atoms with van der Waals surface area (Å²) in [7, 11) is 3.73. The van der Waals surface area contributed by atoms with Crippen molar-refractivity contribution in [3.63, 3.8) is 0 Å². The van der Waals surface area contributed by atoms with Crippen LogP contribution in [-0.4, -0.2) is 55.6 Å². The zero-order chi connectivity index (χ0) is 9.84. The predicted molar refractivity (Wildman–Crippen MR) is 50.5 cm³/mol. The van der Waals surface area contributed by atoms with Crippen LogP contribution in [0.1, 0.15) is 6.42 Å². The summed E-state index contributed by atoms with van der Waals surface area (Å²) in [6.45, 7) is 2.11. The molecule has 0 aromatic carbocycles. The summed E-state index contributed by atoms with van der Waals surface area (Å²) in [6.07, 6.45) is 0.0531. The minimum atomic E-state index is -0.832. The molecule has 13 heavy (non-hydrogen) atoms. The fourth-order valence-electron chi connectivity index (χ4n) is 1.73. The number of nitrogens with one attached hydrogen (secondary N) is 1. The molecule has 0 aliphatic carbocycles. The van der Waals surface area contributed by atoms with Crippen LogP contribution in [0, 0.1) is 5.92 Å². The van der Waals surface area contributed by atoms with Gasteiger partial charge in [0.25, 0.3) is 0 Å². The molecule has 0 amide bonds. The molecule has 1 rings (SSSR count). The number of carbonyl (C=O) groups excluding carboxylic acids is 1. The van der Waals surface area contributed by atoms with Gasteiger partial charge < -0.3 is 15.3 Å². The van der Waals surface area contributed by atoms with Crippen LogP contribution in [0.2, 0.25) is 0 Å². The highest BCUT2D eigenvalue weighted by Gasteiger charge is 2.29. The smallest absolute Gasteiger partial charge is 0.166 e. The first-order valence-corrected chi connectivity index (χ1v) is 4.70. The van der Waals surface area contributed by atoms with Gasteiger partial charge in [-0.05, 0) is 27.1 Å². The third-order valence-corrected chi connectivity index (χ3v) is 2.52. The van der Waals surface area contributed by atoms with Crippen LogP contribution >= 0.6 is 0 Å². The molecule has 1 aliphatic heterocycles. The molecule has 2 N–H and O–H groups in total.